The van der Waals surface area contributed by atoms with E-state index in [1.54, 1.807) is 12.4 Å². The molecule has 0 bridgehead atoms. The van der Waals surface area contributed by atoms with Crippen molar-refractivity contribution in [3.05, 3.63) is 48.4 Å². The van der Waals surface area contributed by atoms with Crippen molar-refractivity contribution < 1.29 is 13.2 Å². The largest absolute Gasteiger partial charge is 0.416 e. The molecule has 160 valence electrons. The zero-order chi connectivity index (χ0) is 21.6. The second-order valence-electron chi connectivity index (χ2n) is 7.55. The van der Waals surface area contributed by atoms with Gasteiger partial charge in [-0.25, -0.2) is 9.97 Å². The lowest BCUT2D eigenvalue weighted by Crippen LogP contribution is -2.29. The number of anilines is 1. The van der Waals surface area contributed by atoms with Gasteiger partial charge < -0.3 is 11.1 Å². The van der Waals surface area contributed by atoms with Gasteiger partial charge in [0.1, 0.15) is 10.8 Å². The van der Waals surface area contributed by atoms with Crippen LogP contribution in [-0.2, 0) is 6.18 Å². The molecule has 1 aromatic carbocycles. The Hall–Kier alpha value is -2.98. The summed E-state index contributed by atoms with van der Waals surface area (Å²) in [5.74, 6) is 0.282. The average Bonchev–Trinajstić information content (AvgIpc) is 3.41. The maximum absolute atomic E-state index is 13.0. The number of nitrogens with two attached hydrogens (primary N) is 1. The fourth-order valence-electron chi connectivity index (χ4n) is 3.78. The van der Waals surface area contributed by atoms with Gasteiger partial charge in [0.2, 0.25) is 0 Å². The molecule has 1 aliphatic heterocycles. The first-order chi connectivity index (χ1) is 14.9. The first-order valence-electron chi connectivity index (χ1n) is 9.87. The van der Waals surface area contributed by atoms with Crippen LogP contribution in [0.25, 0.3) is 31.9 Å². The Kier molecular flexibility index (Phi) is 4.90. The number of rotatable bonds is 3. The number of pyridine rings is 1. The third-order valence-corrected chi connectivity index (χ3v) is 6.53. The van der Waals surface area contributed by atoms with Gasteiger partial charge >= 0.3 is 6.18 Å². The van der Waals surface area contributed by atoms with Crippen LogP contribution in [0.4, 0.5) is 19.0 Å². The highest BCUT2D eigenvalue weighted by atomic mass is 32.1. The van der Waals surface area contributed by atoms with E-state index in [0.29, 0.717) is 26.8 Å². The fourth-order valence-corrected chi connectivity index (χ4v) is 4.81. The Morgan fingerprint density at radius 1 is 1.10 bits per heavy atom. The Balaban J connectivity index is 1.50. The van der Waals surface area contributed by atoms with Crippen LogP contribution in [0.5, 0.6) is 0 Å². The minimum Gasteiger partial charge on any atom is -0.383 e. The molecule has 3 aromatic heterocycles. The SMILES string of the molecule is Nc1ncc(-c2cnn(C3CCNCC3)c2)cc1-c1nc2ccc(C(F)(F)F)cc2s1. The van der Waals surface area contributed by atoms with Crippen LogP contribution >= 0.6 is 11.3 Å². The lowest BCUT2D eigenvalue weighted by atomic mass is 10.1. The van der Waals surface area contributed by atoms with Crippen LogP contribution < -0.4 is 11.1 Å². The first-order valence-corrected chi connectivity index (χ1v) is 10.7. The minimum atomic E-state index is -4.40. The standard InChI is InChI=1S/C21H19F3N6S/c22-21(23,24)14-1-2-17-18(8-14)31-20(29-17)16-7-12(9-27-19(16)25)13-10-28-30(11-13)15-3-5-26-6-4-15/h1-2,7-11,15,26H,3-6H2,(H2,25,27). The molecule has 4 heterocycles. The first kappa shape index (κ1) is 20.0. The lowest BCUT2D eigenvalue weighted by molar-refractivity contribution is -0.137. The van der Waals surface area contributed by atoms with E-state index in [1.165, 1.54) is 17.4 Å². The molecule has 10 heteroatoms. The molecule has 0 unspecified atom stereocenters. The molecule has 1 aliphatic rings. The summed E-state index contributed by atoms with van der Waals surface area (Å²) >= 11 is 1.17. The second kappa shape index (κ2) is 7.61. The number of nitrogen functional groups attached to an aromatic ring is 1. The van der Waals surface area contributed by atoms with Crippen LogP contribution in [0.3, 0.4) is 0 Å². The molecule has 5 rings (SSSR count). The van der Waals surface area contributed by atoms with E-state index < -0.39 is 11.7 Å². The molecule has 0 spiro atoms. The molecule has 4 aromatic rings. The number of thiazole rings is 1. The van der Waals surface area contributed by atoms with Crippen molar-refractivity contribution in [1.82, 2.24) is 25.1 Å². The molecule has 0 atom stereocenters. The molecule has 1 saturated heterocycles. The normalized spacial score (nSPS) is 15.6. The summed E-state index contributed by atoms with van der Waals surface area (Å²) in [5, 5.41) is 8.40. The zero-order valence-electron chi connectivity index (χ0n) is 16.4. The van der Waals surface area contributed by atoms with Crippen molar-refractivity contribution in [3.8, 4) is 21.7 Å². The van der Waals surface area contributed by atoms with Gasteiger partial charge in [0, 0.05) is 23.5 Å². The van der Waals surface area contributed by atoms with Gasteiger partial charge in [-0.1, -0.05) is 0 Å². The number of aromatic nitrogens is 4. The smallest absolute Gasteiger partial charge is 0.383 e. The average molecular weight is 444 g/mol. The minimum absolute atomic E-state index is 0.282. The van der Waals surface area contributed by atoms with Crippen molar-refractivity contribution in [2.45, 2.75) is 25.1 Å². The van der Waals surface area contributed by atoms with E-state index in [9.17, 15) is 13.2 Å². The Morgan fingerprint density at radius 3 is 2.68 bits per heavy atom. The van der Waals surface area contributed by atoms with E-state index in [-0.39, 0.29) is 5.82 Å². The van der Waals surface area contributed by atoms with E-state index in [1.807, 2.05) is 16.9 Å². The van der Waals surface area contributed by atoms with E-state index in [4.69, 9.17) is 5.73 Å². The monoisotopic (exact) mass is 444 g/mol. The van der Waals surface area contributed by atoms with Crippen LogP contribution in [0.2, 0.25) is 0 Å². The number of nitrogens with one attached hydrogen (secondary N) is 1. The molecular weight excluding hydrogens is 425 g/mol. The highest BCUT2D eigenvalue weighted by molar-refractivity contribution is 7.21. The summed E-state index contributed by atoms with van der Waals surface area (Å²) < 4.78 is 41.5. The highest BCUT2D eigenvalue weighted by Gasteiger charge is 2.31. The van der Waals surface area contributed by atoms with E-state index in [0.717, 1.165) is 49.2 Å². The number of piperidine rings is 1. The van der Waals surface area contributed by atoms with Gasteiger partial charge in [-0.05, 0) is 50.2 Å². The second-order valence-corrected chi connectivity index (χ2v) is 8.58. The van der Waals surface area contributed by atoms with Crippen LogP contribution in [0.15, 0.2) is 42.9 Å². The van der Waals surface area contributed by atoms with Crippen LogP contribution in [-0.4, -0.2) is 32.8 Å². The molecule has 0 amide bonds. The maximum Gasteiger partial charge on any atom is 0.416 e. The van der Waals surface area contributed by atoms with Gasteiger partial charge in [-0.2, -0.15) is 18.3 Å². The molecule has 3 N–H and O–H groups in total. The number of alkyl halides is 3. The van der Waals surface area contributed by atoms with Gasteiger partial charge in [0.25, 0.3) is 0 Å². The summed E-state index contributed by atoms with van der Waals surface area (Å²) in [6, 6.07) is 5.78. The lowest BCUT2D eigenvalue weighted by Gasteiger charge is -2.22. The Bertz CT molecular complexity index is 1240. The summed E-state index contributed by atoms with van der Waals surface area (Å²) in [4.78, 5) is 8.78. The van der Waals surface area contributed by atoms with Crippen molar-refractivity contribution >= 4 is 27.4 Å². The molecular formula is C21H19F3N6S. The fraction of sp³-hybridized carbons (Fsp3) is 0.286. The van der Waals surface area contributed by atoms with Gasteiger partial charge in [0.05, 0.1) is 33.6 Å². The summed E-state index contributed by atoms with van der Waals surface area (Å²) in [6.07, 6.45) is 3.13. The molecule has 0 aliphatic carbocycles. The number of hydrogen-bond acceptors (Lipinski definition) is 6. The quantitative estimate of drug-likeness (QED) is 0.477. The number of nitrogens with zero attached hydrogens (tertiary/aromatic N) is 4. The summed E-state index contributed by atoms with van der Waals surface area (Å²) in [7, 11) is 0. The van der Waals surface area contributed by atoms with Gasteiger partial charge in [-0.3, -0.25) is 4.68 Å². The Morgan fingerprint density at radius 2 is 1.90 bits per heavy atom. The Labute approximate surface area is 179 Å². The molecule has 31 heavy (non-hydrogen) atoms. The predicted octanol–water partition coefficient (Wildman–Crippen LogP) is 4.75. The topological polar surface area (TPSA) is 81.6 Å². The summed E-state index contributed by atoms with van der Waals surface area (Å²) in [5.41, 5.74) is 8.24. The number of hydrogen-bond donors (Lipinski definition) is 2. The number of halogens is 3. The number of benzene rings is 1. The molecule has 0 saturated carbocycles. The third kappa shape index (κ3) is 3.88. The van der Waals surface area contributed by atoms with Crippen molar-refractivity contribution in [3.63, 3.8) is 0 Å². The van der Waals surface area contributed by atoms with E-state index in [2.05, 4.69) is 20.4 Å². The van der Waals surface area contributed by atoms with Crippen LogP contribution in [0, 0.1) is 0 Å². The van der Waals surface area contributed by atoms with Gasteiger partial charge in [-0.15, -0.1) is 11.3 Å². The van der Waals surface area contributed by atoms with E-state index >= 15 is 0 Å². The zero-order valence-corrected chi connectivity index (χ0v) is 17.2. The molecule has 0 radical (unpaired) electrons. The molecule has 6 nitrogen and oxygen atoms in total. The third-order valence-electron chi connectivity index (χ3n) is 5.48. The number of fused-ring (bicyclic) bond motifs is 1. The van der Waals surface area contributed by atoms with Crippen molar-refractivity contribution in [1.29, 1.82) is 0 Å². The van der Waals surface area contributed by atoms with Crippen molar-refractivity contribution in [2.75, 3.05) is 18.8 Å². The van der Waals surface area contributed by atoms with Crippen molar-refractivity contribution in [2.24, 2.45) is 0 Å². The summed E-state index contributed by atoms with van der Waals surface area (Å²) in [6.45, 7) is 1.95. The predicted molar refractivity (Wildman–Crippen MR) is 115 cm³/mol. The maximum atomic E-state index is 13.0. The molecule has 1 fully saturated rings. The highest BCUT2D eigenvalue weighted by Crippen LogP contribution is 2.38. The van der Waals surface area contributed by atoms with Crippen LogP contribution in [0.1, 0.15) is 24.4 Å². The van der Waals surface area contributed by atoms with Gasteiger partial charge in [0.15, 0.2) is 0 Å².